The predicted octanol–water partition coefficient (Wildman–Crippen LogP) is 3.28. The molecular weight excluding hydrogens is 418 g/mol. The van der Waals surface area contributed by atoms with E-state index in [2.05, 4.69) is 5.32 Å². The Hall–Kier alpha value is -4.13. The molecule has 1 N–H and O–H groups in total. The fourth-order valence-corrected chi connectivity index (χ4v) is 4.36. The Balaban J connectivity index is 1.40. The predicted molar refractivity (Wildman–Crippen MR) is 124 cm³/mol. The van der Waals surface area contributed by atoms with Gasteiger partial charge in [-0.2, -0.15) is 0 Å². The number of methoxy groups -OCH3 is 1. The summed E-state index contributed by atoms with van der Waals surface area (Å²) in [5.74, 6) is -0.00658. The Bertz CT molecular complexity index is 1220. The van der Waals surface area contributed by atoms with Crippen LogP contribution in [0.4, 0.5) is 5.69 Å². The summed E-state index contributed by atoms with van der Waals surface area (Å²) in [4.78, 5) is 42.7. The lowest BCUT2D eigenvalue weighted by Crippen LogP contribution is -2.59. The molecule has 3 aromatic rings. The smallest absolute Gasteiger partial charge is 0.256 e. The van der Waals surface area contributed by atoms with Gasteiger partial charge in [-0.15, -0.1) is 0 Å². The Morgan fingerprint density at radius 2 is 1.70 bits per heavy atom. The maximum absolute atomic E-state index is 13.4. The number of carbonyl (C=O) groups is 3. The molecule has 33 heavy (non-hydrogen) atoms. The molecule has 1 atom stereocenters. The molecule has 5 rings (SSSR count). The average molecular weight is 441 g/mol. The van der Waals surface area contributed by atoms with E-state index < -0.39 is 6.04 Å². The number of hydrogen-bond acceptors (Lipinski definition) is 4. The number of fused-ring (bicyclic) bond motifs is 2. The Morgan fingerprint density at radius 1 is 0.939 bits per heavy atom. The number of amides is 3. The average Bonchev–Trinajstić information content (AvgIpc) is 2.98. The molecule has 7 heteroatoms. The number of nitrogens with one attached hydrogen (secondary N) is 1. The number of anilines is 1. The van der Waals surface area contributed by atoms with E-state index in [1.807, 2.05) is 42.5 Å². The highest BCUT2D eigenvalue weighted by atomic mass is 16.5. The molecule has 0 bridgehead atoms. The number of piperazine rings is 1. The van der Waals surface area contributed by atoms with Gasteiger partial charge < -0.3 is 19.9 Å². The molecule has 1 fully saturated rings. The van der Waals surface area contributed by atoms with Gasteiger partial charge in [-0.1, -0.05) is 36.4 Å². The van der Waals surface area contributed by atoms with Crippen LogP contribution >= 0.6 is 0 Å². The normalized spacial score (nSPS) is 17.5. The zero-order valence-corrected chi connectivity index (χ0v) is 18.2. The molecule has 3 amide bonds. The molecule has 1 saturated heterocycles. The highest BCUT2D eigenvalue weighted by Gasteiger charge is 2.40. The molecular formula is C26H23N3O4. The third-order valence-electron chi connectivity index (χ3n) is 6.18. The van der Waals surface area contributed by atoms with E-state index in [0.29, 0.717) is 29.1 Å². The summed E-state index contributed by atoms with van der Waals surface area (Å²) >= 11 is 0. The quantitative estimate of drug-likeness (QED) is 0.677. The topological polar surface area (TPSA) is 79.0 Å². The largest absolute Gasteiger partial charge is 0.497 e. The first-order chi connectivity index (χ1) is 16.0. The fraction of sp³-hybridized carbons (Fsp3) is 0.192. The van der Waals surface area contributed by atoms with E-state index in [4.69, 9.17) is 4.74 Å². The molecule has 0 aromatic heterocycles. The Kier molecular flexibility index (Phi) is 5.30. The number of rotatable bonds is 3. The van der Waals surface area contributed by atoms with E-state index >= 15 is 0 Å². The number of benzene rings is 3. The molecule has 2 heterocycles. The van der Waals surface area contributed by atoms with Gasteiger partial charge in [0, 0.05) is 18.7 Å². The molecule has 0 saturated carbocycles. The number of nitrogens with zero attached hydrogens (tertiary/aromatic N) is 2. The van der Waals surface area contributed by atoms with Crippen LogP contribution in [0.25, 0.3) is 11.1 Å². The van der Waals surface area contributed by atoms with E-state index in [1.165, 1.54) is 0 Å². The third kappa shape index (κ3) is 3.82. The van der Waals surface area contributed by atoms with Crippen molar-refractivity contribution in [3.05, 3.63) is 83.9 Å². The van der Waals surface area contributed by atoms with Crippen molar-refractivity contribution in [1.29, 1.82) is 0 Å². The second kappa shape index (κ2) is 8.43. The first-order valence-electron chi connectivity index (χ1n) is 10.8. The van der Waals surface area contributed by atoms with Crippen molar-refractivity contribution in [3.63, 3.8) is 0 Å². The summed E-state index contributed by atoms with van der Waals surface area (Å²) in [7, 11) is 1.57. The van der Waals surface area contributed by atoms with Gasteiger partial charge in [-0.3, -0.25) is 14.4 Å². The van der Waals surface area contributed by atoms with Gasteiger partial charge in [0.1, 0.15) is 11.8 Å². The van der Waals surface area contributed by atoms with Gasteiger partial charge in [-0.05, 0) is 47.5 Å². The van der Waals surface area contributed by atoms with Crippen LogP contribution in [0.3, 0.4) is 0 Å². The summed E-state index contributed by atoms with van der Waals surface area (Å²) in [6.07, 6.45) is 0. The summed E-state index contributed by atoms with van der Waals surface area (Å²) in [6, 6.07) is 21.4. The zero-order chi connectivity index (χ0) is 22.9. The number of ether oxygens (including phenoxy) is 1. The Labute approximate surface area is 191 Å². The summed E-state index contributed by atoms with van der Waals surface area (Å²) in [5.41, 5.74) is 3.37. The minimum Gasteiger partial charge on any atom is -0.497 e. The van der Waals surface area contributed by atoms with Crippen LogP contribution in [0.1, 0.15) is 20.7 Å². The number of hydrogen-bond donors (Lipinski definition) is 1. The van der Waals surface area contributed by atoms with Gasteiger partial charge in [0.25, 0.3) is 11.8 Å². The SMILES string of the molecule is COc1ccc(C(=O)N2CCN3C(=O)c4cc(-c5ccccc5)ccc4NC(=O)C3C2)cc1. The molecule has 0 radical (unpaired) electrons. The van der Waals surface area contributed by atoms with Crippen molar-refractivity contribution in [1.82, 2.24) is 9.80 Å². The van der Waals surface area contributed by atoms with Crippen molar-refractivity contribution < 1.29 is 19.1 Å². The van der Waals surface area contributed by atoms with Gasteiger partial charge in [0.15, 0.2) is 0 Å². The highest BCUT2D eigenvalue weighted by molar-refractivity contribution is 6.11. The van der Waals surface area contributed by atoms with Crippen LogP contribution in [-0.2, 0) is 4.79 Å². The van der Waals surface area contributed by atoms with Crippen molar-refractivity contribution in [2.24, 2.45) is 0 Å². The van der Waals surface area contributed by atoms with Gasteiger partial charge in [0.2, 0.25) is 5.91 Å². The summed E-state index contributed by atoms with van der Waals surface area (Å²) < 4.78 is 5.15. The zero-order valence-electron chi connectivity index (χ0n) is 18.2. The molecule has 0 spiro atoms. The molecule has 2 aliphatic heterocycles. The molecule has 3 aromatic carbocycles. The maximum atomic E-state index is 13.4. The van der Waals surface area contributed by atoms with Crippen LogP contribution in [0.15, 0.2) is 72.8 Å². The minimum atomic E-state index is -0.749. The van der Waals surface area contributed by atoms with Crippen LogP contribution in [0.2, 0.25) is 0 Å². The first-order valence-corrected chi connectivity index (χ1v) is 10.8. The van der Waals surface area contributed by atoms with Crippen LogP contribution in [-0.4, -0.2) is 60.3 Å². The van der Waals surface area contributed by atoms with Crippen LogP contribution < -0.4 is 10.1 Å². The molecule has 0 aliphatic carbocycles. The van der Waals surface area contributed by atoms with Crippen molar-refractivity contribution in [2.75, 3.05) is 32.1 Å². The van der Waals surface area contributed by atoms with Crippen LogP contribution in [0.5, 0.6) is 5.75 Å². The lowest BCUT2D eigenvalue weighted by atomic mass is 10.0. The Morgan fingerprint density at radius 3 is 2.42 bits per heavy atom. The lowest BCUT2D eigenvalue weighted by molar-refractivity contribution is -0.121. The highest BCUT2D eigenvalue weighted by Crippen LogP contribution is 2.30. The van der Waals surface area contributed by atoms with E-state index in [-0.39, 0.29) is 30.8 Å². The maximum Gasteiger partial charge on any atom is 0.256 e. The summed E-state index contributed by atoms with van der Waals surface area (Å²) in [6.45, 7) is 0.782. The van der Waals surface area contributed by atoms with Crippen molar-refractivity contribution in [3.8, 4) is 16.9 Å². The minimum absolute atomic E-state index is 0.141. The molecule has 2 aliphatic rings. The van der Waals surface area contributed by atoms with E-state index in [1.54, 1.807) is 47.2 Å². The van der Waals surface area contributed by atoms with Gasteiger partial charge in [-0.25, -0.2) is 0 Å². The number of carbonyl (C=O) groups excluding carboxylic acids is 3. The first kappa shape index (κ1) is 20.8. The third-order valence-corrected chi connectivity index (χ3v) is 6.18. The van der Waals surface area contributed by atoms with Crippen molar-refractivity contribution in [2.45, 2.75) is 6.04 Å². The van der Waals surface area contributed by atoms with Crippen molar-refractivity contribution >= 4 is 23.4 Å². The second-order valence-corrected chi connectivity index (χ2v) is 8.11. The molecule has 1 unspecified atom stereocenters. The van der Waals surface area contributed by atoms with E-state index in [0.717, 1.165) is 11.1 Å². The lowest BCUT2D eigenvalue weighted by Gasteiger charge is -2.39. The summed E-state index contributed by atoms with van der Waals surface area (Å²) in [5, 5.41) is 2.89. The van der Waals surface area contributed by atoms with Gasteiger partial charge >= 0.3 is 0 Å². The second-order valence-electron chi connectivity index (χ2n) is 8.11. The molecule has 166 valence electrons. The monoisotopic (exact) mass is 441 g/mol. The standard InChI is InChI=1S/C26H23N3O4/c1-33-20-10-7-18(8-11-20)25(31)28-13-14-29-23(16-28)24(30)27-22-12-9-19(15-21(22)26(29)32)17-5-3-2-4-6-17/h2-12,15,23H,13-14,16H2,1H3,(H,27,30). The van der Waals surface area contributed by atoms with E-state index in [9.17, 15) is 14.4 Å². The van der Waals surface area contributed by atoms with Crippen LogP contribution in [0, 0.1) is 0 Å². The van der Waals surface area contributed by atoms with Gasteiger partial charge in [0.05, 0.1) is 24.9 Å². The molecule has 7 nitrogen and oxygen atoms in total. The fourth-order valence-electron chi connectivity index (χ4n) is 4.36.